The Morgan fingerprint density at radius 1 is 1.21 bits per heavy atom. The summed E-state index contributed by atoms with van der Waals surface area (Å²) in [6, 6.07) is 0. The van der Waals surface area contributed by atoms with Crippen LogP contribution in [-0.4, -0.2) is 69.3 Å². The third-order valence-corrected chi connectivity index (χ3v) is 5.88. The smallest absolute Gasteiger partial charge is 0.348 e. The highest BCUT2D eigenvalue weighted by Gasteiger charge is 2.28. The second-order valence-electron chi connectivity index (χ2n) is 7.14. The van der Waals surface area contributed by atoms with Crippen LogP contribution in [0.3, 0.4) is 0 Å². The van der Waals surface area contributed by atoms with E-state index in [4.69, 9.17) is 14.2 Å². The number of thiophene rings is 1. The summed E-state index contributed by atoms with van der Waals surface area (Å²) in [5.41, 5.74) is 0.647. The molecule has 162 valence electrons. The molecule has 0 aromatic carbocycles. The molecule has 2 rings (SSSR count). The Morgan fingerprint density at radius 3 is 2.62 bits per heavy atom. The molecule has 0 radical (unpaired) electrons. The molecule has 29 heavy (non-hydrogen) atoms. The molecular weight excluding hydrogens is 396 g/mol. The molecule has 0 saturated carbocycles. The molecule has 2 heterocycles. The topological polar surface area (TPSA) is 94.2 Å². The van der Waals surface area contributed by atoms with Crippen LogP contribution in [0, 0.1) is 12.8 Å². The molecule has 1 N–H and O–H groups in total. The SMILES string of the molecule is CCOC(=O)c1c(NC(=O)CN2CCC[C@@H](C)C2)sc(C(=O)OCCOC)c1C. The fourth-order valence-corrected chi connectivity index (χ4v) is 4.43. The van der Waals surface area contributed by atoms with Crippen molar-refractivity contribution in [2.75, 3.05) is 51.9 Å². The molecule has 1 aliphatic heterocycles. The van der Waals surface area contributed by atoms with Crippen molar-refractivity contribution in [3.8, 4) is 0 Å². The van der Waals surface area contributed by atoms with Gasteiger partial charge in [0.25, 0.3) is 0 Å². The van der Waals surface area contributed by atoms with Crippen LogP contribution < -0.4 is 5.32 Å². The zero-order chi connectivity index (χ0) is 21.4. The molecule has 9 heteroatoms. The number of carbonyl (C=O) groups is 3. The van der Waals surface area contributed by atoms with Gasteiger partial charge in [-0.15, -0.1) is 11.3 Å². The van der Waals surface area contributed by atoms with Gasteiger partial charge in [-0.05, 0) is 44.7 Å². The van der Waals surface area contributed by atoms with Crippen molar-refractivity contribution < 1.29 is 28.6 Å². The largest absolute Gasteiger partial charge is 0.462 e. The maximum Gasteiger partial charge on any atom is 0.348 e. The van der Waals surface area contributed by atoms with Gasteiger partial charge in [0.1, 0.15) is 16.5 Å². The summed E-state index contributed by atoms with van der Waals surface area (Å²) >= 11 is 1.03. The Labute approximate surface area is 175 Å². The first-order valence-corrected chi connectivity index (χ1v) is 10.7. The van der Waals surface area contributed by atoms with Gasteiger partial charge in [0.15, 0.2) is 0 Å². The number of hydrogen-bond acceptors (Lipinski definition) is 8. The molecule has 1 atom stereocenters. The summed E-state index contributed by atoms with van der Waals surface area (Å²) in [5, 5.41) is 3.11. The van der Waals surface area contributed by atoms with E-state index in [1.165, 1.54) is 13.5 Å². The third kappa shape index (κ3) is 6.52. The molecule has 1 aromatic rings. The minimum absolute atomic E-state index is 0.107. The monoisotopic (exact) mass is 426 g/mol. The lowest BCUT2D eigenvalue weighted by Gasteiger charge is -2.30. The summed E-state index contributed by atoms with van der Waals surface area (Å²) in [5.74, 6) is -0.783. The van der Waals surface area contributed by atoms with Crippen molar-refractivity contribution >= 4 is 34.2 Å². The van der Waals surface area contributed by atoms with E-state index < -0.39 is 11.9 Å². The van der Waals surface area contributed by atoms with E-state index in [-0.39, 0.29) is 42.7 Å². The van der Waals surface area contributed by atoms with E-state index in [1.807, 2.05) is 0 Å². The normalized spacial score (nSPS) is 17.0. The minimum atomic E-state index is -0.570. The van der Waals surface area contributed by atoms with Gasteiger partial charge in [-0.2, -0.15) is 0 Å². The van der Waals surface area contributed by atoms with E-state index in [1.54, 1.807) is 13.8 Å². The van der Waals surface area contributed by atoms with E-state index in [9.17, 15) is 14.4 Å². The Hall–Kier alpha value is -1.97. The van der Waals surface area contributed by atoms with Gasteiger partial charge in [0, 0.05) is 13.7 Å². The molecule has 1 amide bonds. The van der Waals surface area contributed by atoms with Crippen LogP contribution in [-0.2, 0) is 19.0 Å². The Kier molecular flexibility index (Phi) is 9.06. The summed E-state index contributed by atoms with van der Waals surface area (Å²) in [4.78, 5) is 39.8. The lowest BCUT2D eigenvalue weighted by atomic mass is 10.0. The molecule has 0 unspecified atom stereocenters. The zero-order valence-corrected chi connectivity index (χ0v) is 18.4. The van der Waals surface area contributed by atoms with E-state index >= 15 is 0 Å². The van der Waals surface area contributed by atoms with E-state index in [2.05, 4.69) is 17.1 Å². The quantitative estimate of drug-likeness (QED) is 0.479. The summed E-state index contributed by atoms with van der Waals surface area (Å²) in [6.45, 7) is 8.11. The first-order chi connectivity index (χ1) is 13.9. The number of amides is 1. The van der Waals surface area contributed by atoms with Crippen molar-refractivity contribution in [2.24, 2.45) is 5.92 Å². The Morgan fingerprint density at radius 2 is 1.97 bits per heavy atom. The zero-order valence-electron chi connectivity index (χ0n) is 17.5. The molecule has 1 aliphatic rings. The second-order valence-corrected chi connectivity index (χ2v) is 8.16. The molecule has 1 saturated heterocycles. The Balaban J connectivity index is 2.17. The molecular formula is C20H30N2O6S. The number of nitrogens with one attached hydrogen (secondary N) is 1. The number of nitrogens with zero attached hydrogens (tertiary/aromatic N) is 1. The fraction of sp³-hybridized carbons (Fsp3) is 0.650. The van der Waals surface area contributed by atoms with Crippen LogP contribution in [0.4, 0.5) is 5.00 Å². The van der Waals surface area contributed by atoms with Gasteiger partial charge in [-0.25, -0.2) is 9.59 Å². The highest BCUT2D eigenvalue weighted by molar-refractivity contribution is 7.18. The molecule has 0 bridgehead atoms. The lowest BCUT2D eigenvalue weighted by Crippen LogP contribution is -2.39. The highest BCUT2D eigenvalue weighted by atomic mass is 32.1. The average molecular weight is 427 g/mol. The van der Waals surface area contributed by atoms with E-state index in [0.29, 0.717) is 16.5 Å². The van der Waals surface area contributed by atoms with Crippen LogP contribution in [0.15, 0.2) is 0 Å². The number of anilines is 1. The van der Waals surface area contributed by atoms with Gasteiger partial charge in [0.2, 0.25) is 5.91 Å². The standard InChI is InChI=1S/C20H30N2O6S/c1-5-27-19(24)16-14(3)17(20(25)28-10-9-26-4)29-18(16)21-15(23)12-22-8-6-7-13(2)11-22/h13H,5-12H2,1-4H3,(H,21,23)/t13-/m1/s1. The number of carbonyl (C=O) groups excluding carboxylic acids is 3. The molecule has 8 nitrogen and oxygen atoms in total. The van der Waals surface area contributed by atoms with Crippen LogP contribution in [0.5, 0.6) is 0 Å². The molecule has 1 aromatic heterocycles. The van der Waals surface area contributed by atoms with Crippen LogP contribution in [0.1, 0.15) is 52.3 Å². The Bertz CT molecular complexity index is 733. The number of likely N-dealkylation sites (tertiary alicyclic amines) is 1. The van der Waals surface area contributed by atoms with Gasteiger partial charge < -0.3 is 19.5 Å². The second kappa shape index (κ2) is 11.3. The third-order valence-electron chi connectivity index (χ3n) is 4.69. The van der Waals surface area contributed by atoms with Gasteiger partial charge >= 0.3 is 11.9 Å². The van der Waals surface area contributed by atoms with Crippen LogP contribution in [0.2, 0.25) is 0 Å². The fourth-order valence-electron chi connectivity index (χ4n) is 3.33. The number of rotatable bonds is 9. The lowest BCUT2D eigenvalue weighted by molar-refractivity contribution is -0.117. The number of hydrogen-bond donors (Lipinski definition) is 1. The minimum Gasteiger partial charge on any atom is -0.462 e. The molecule has 0 aliphatic carbocycles. The maximum atomic E-state index is 12.6. The first kappa shape index (κ1) is 23.3. The van der Waals surface area contributed by atoms with Crippen LogP contribution in [0.25, 0.3) is 0 Å². The van der Waals surface area contributed by atoms with Crippen molar-refractivity contribution in [1.82, 2.24) is 4.90 Å². The van der Waals surface area contributed by atoms with Gasteiger partial charge in [-0.1, -0.05) is 6.92 Å². The molecule has 0 spiro atoms. The number of ether oxygens (including phenoxy) is 3. The van der Waals surface area contributed by atoms with Crippen molar-refractivity contribution in [1.29, 1.82) is 0 Å². The number of esters is 2. The summed E-state index contributed by atoms with van der Waals surface area (Å²) in [6.07, 6.45) is 2.24. The predicted molar refractivity (Wildman–Crippen MR) is 111 cm³/mol. The van der Waals surface area contributed by atoms with Gasteiger partial charge in [0.05, 0.1) is 25.3 Å². The maximum absolute atomic E-state index is 12.6. The van der Waals surface area contributed by atoms with Crippen molar-refractivity contribution in [3.63, 3.8) is 0 Å². The average Bonchev–Trinajstić information content (AvgIpc) is 2.98. The number of methoxy groups -OCH3 is 1. The van der Waals surface area contributed by atoms with Gasteiger partial charge in [-0.3, -0.25) is 9.69 Å². The molecule has 1 fully saturated rings. The van der Waals surface area contributed by atoms with Crippen molar-refractivity contribution in [3.05, 3.63) is 16.0 Å². The predicted octanol–water partition coefficient (Wildman–Crippen LogP) is 2.71. The number of piperidine rings is 1. The van der Waals surface area contributed by atoms with E-state index in [0.717, 1.165) is 30.8 Å². The summed E-state index contributed by atoms with van der Waals surface area (Å²) < 4.78 is 15.2. The highest BCUT2D eigenvalue weighted by Crippen LogP contribution is 2.34. The summed E-state index contributed by atoms with van der Waals surface area (Å²) in [7, 11) is 1.51. The first-order valence-electron chi connectivity index (χ1n) is 9.86. The van der Waals surface area contributed by atoms with Crippen molar-refractivity contribution in [2.45, 2.75) is 33.6 Å². The van der Waals surface area contributed by atoms with Crippen LogP contribution >= 0.6 is 11.3 Å².